The van der Waals surface area contributed by atoms with Gasteiger partial charge in [0.05, 0.1) is 19.2 Å². The number of ether oxygens (including phenoxy) is 2. The van der Waals surface area contributed by atoms with Gasteiger partial charge in [-0.3, -0.25) is 4.79 Å². The zero-order chi connectivity index (χ0) is 15.6. The molecule has 3 rings (SSSR count). The zero-order valence-electron chi connectivity index (χ0n) is 14.2. The van der Waals surface area contributed by atoms with Crippen LogP contribution in [-0.2, 0) is 14.3 Å². The topological polar surface area (TPSA) is 38.8 Å². The Kier molecular flexibility index (Phi) is 5.08. The van der Waals surface area contributed by atoms with Crippen molar-refractivity contribution >= 4 is 5.91 Å². The standard InChI is InChI=1S/C18H31NO3/c1-14(2)9-17(20)19-12-18(13-19)10-16(7-8-22-18)21-11-15-5-3-4-6-15/h14-16H,3-13H2,1-2H3/t16-/m0/s1. The Morgan fingerprint density at radius 1 is 1.27 bits per heavy atom. The van der Waals surface area contributed by atoms with E-state index in [1.165, 1.54) is 25.7 Å². The molecule has 22 heavy (non-hydrogen) atoms. The van der Waals surface area contributed by atoms with E-state index in [0.717, 1.165) is 45.1 Å². The van der Waals surface area contributed by atoms with Crippen molar-refractivity contribution in [3.05, 3.63) is 0 Å². The van der Waals surface area contributed by atoms with Gasteiger partial charge in [0.25, 0.3) is 0 Å². The van der Waals surface area contributed by atoms with Crippen molar-refractivity contribution in [1.82, 2.24) is 4.90 Å². The lowest BCUT2D eigenvalue weighted by Gasteiger charge is -2.53. The van der Waals surface area contributed by atoms with Gasteiger partial charge < -0.3 is 14.4 Å². The van der Waals surface area contributed by atoms with Crippen LogP contribution in [0, 0.1) is 11.8 Å². The first-order valence-corrected chi connectivity index (χ1v) is 9.10. The normalized spacial score (nSPS) is 28.3. The van der Waals surface area contributed by atoms with Crippen LogP contribution in [0.2, 0.25) is 0 Å². The maximum absolute atomic E-state index is 12.1. The lowest BCUT2D eigenvalue weighted by molar-refractivity contribution is -0.202. The SMILES string of the molecule is CC(C)CC(=O)N1CC2(C[C@@H](OCC3CCCC3)CCO2)C1. The fraction of sp³-hybridized carbons (Fsp3) is 0.944. The zero-order valence-corrected chi connectivity index (χ0v) is 14.2. The molecule has 2 aliphatic heterocycles. The largest absolute Gasteiger partial charge is 0.378 e. The third kappa shape index (κ3) is 3.83. The van der Waals surface area contributed by atoms with Crippen LogP contribution in [0.5, 0.6) is 0 Å². The fourth-order valence-electron chi connectivity index (χ4n) is 4.10. The number of likely N-dealkylation sites (tertiary alicyclic amines) is 1. The second-order valence-electron chi connectivity index (χ2n) is 7.98. The van der Waals surface area contributed by atoms with Crippen LogP contribution >= 0.6 is 0 Å². The van der Waals surface area contributed by atoms with Gasteiger partial charge in [-0.05, 0) is 31.1 Å². The van der Waals surface area contributed by atoms with Crippen molar-refractivity contribution in [2.45, 2.75) is 70.5 Å². The second kappa shape index (κ2) is 6.88. The molecule has 0 aromatic heterocycles. The van der Waals surface area contributed by atoms with E-state index in [4.69, 9.17) is 9.47 Å². The Labute approximate surface area is 134 Å². The highest BCUT2D eigenvalue weighted by atomic mass is 16.5. The number of carbonyl (C=O) groups excluding carboxylic acids is 1. The number of rotatable bonds is 5. The minimum absolute atomic E-state index is 0.106. The van der Waals surface area contributed by atoms with Gasteiger partial charge in [0, 0.05) is 26.1 Å². The Bertz CT molecular complexity index is 384. The summed E-state index contributed by atoms with van der Waals surface area (Å²) in [5.74, 6) is 1.49. The van der Waals surface area contributed by atoms with E-state index in [9.17, 15) is 4.79 Å². The molecule has 4 heteroatoms. The number of carbonyl (C=O) groups is 1. The number of nitrogens with zero attached hydrogens (tertiary/aromatic N) is 1. The molecule has 126 valence electrons. The van der Waals surface area contributed by atoms with Crippen LogP contribution < -0.4 is 0 Å². The van der Waals surface area contributed by atoms with Crippen molar-refractivity contribution < 1.29 is 14.3 Å². The molecule has 1 saturated carbocycles. The average molecular weight is 309 g/mol. The molecular formula is C18H31NO3. The molecule has 4 nitrogen and oxygen atoms in total. The summed E-state index contributed by atoms with van der Waals surface area (Å²) in [6.07, 6.45) is 8.38. The van der Waals surface area contributed by atoms with E-state index in [-0.39, 0.29) is 11.5 Å². The van der Waals surface area contributed by atoms with Crippen LogP contribution in [0.3, 0.4) is 0 Å². The molecule has 0 radical (unpaired) electrons. The van der Waals surface area contributed by atoms with E-state index < -0.39 is 0 Å². The smallest absolute Gasteiger partial charge is 0.223 e. The Morgan fingerprint density at radius 3 is 2.68 bits per heavy atom. The predicted octanol–water partition coefficient (Wildman–Crippen LogP) is 3.00. The molecular weight excluding hydrogens is 278 g/mol. The first-order valence-electron chi connectivity index (χ1n) is 9.10. The molecule has 0 bridgehead atoms. The van der Waals surface area contributed by atoms with E-state index in [2.05, 4.69) is 13.8 Å². The van der Waals surface area contributed by atoms with Gasteiger partial charge in [-0.25, -0.2) is 0 Å². The summed E-state index contributed by atoms with van der Waals surface area (Å²) >= 11 is 0. The lowest BCUT2D eigenvalue weighted by Crippen LogP contribution is -2.67. The number of hydrogen-bond acceptors (Lipinski definition) is 3. The van der Waals surface area contributed by atoms with Crippen LogP contribution in [0.25, 0.3) is 0 Å². The monoisotopic (exact) mass is 309 g/mol. The molecule has 0 unspecified atom stereocenters. The molecule has 1 aliphatic carbocycles. The van der Waals surface area contributed by atoms with E-state index in [1.54, 1.807) is 0 Å². The molecule has 1 atom stereocenters. The number of amides is 1. The van der Waals surface area contributed by atoms with Gasteiger partial charge >= 0.3 is 0 Å². The maximum Gasteiger partial charge on any atom is 0.223 e. The van der Waals surface area contributed by atoms with E-state index in [1.807, 2.05) is 4.90 Å². The van der Waals surface area contributed by atoms with Crippen molar-refractivity contribution in [2.75, 3.05) is 26.3 Å². The molecule has 3 fully saturated rings. The van der Waals surface area contributed by atoms with Crippen molar-refractivity contribution in [3.63, 3.8) is 0 Å². The van der Waals surface area contributed by atoms with Crippen LogP contribution in [0.1, 0.15) is 58.8 Å². The molecule has 1 amide bonds. The highest BCUT2D eigenvalue weighted by molar-refractivity contribution is 5.77. The van der Waals surface area contributed by atoms with Gasteiger partial charge in [-0.1, -0.05) is 26.7 Å². The molecule has 2 heterocycles. The van der Waals surface area contributed by atoms with Gasteiger partial charge in [0.15, 0.2) is 0 Å². The lowest BCUT2D eigenvalue weighted by atomic mass is 9.84. The molecule has 0 aromatic rings. The predicted molar refractivity (Wildman–Crippen MR) is 85.7 cm³/mol. The van der Waals surface area contributed by atoms with Crippen LogP contribution in [0.15, 0.2) is 0 Å². The Balaban J connectivity index is 1.42. The summed E-state index contributed by atoms with van der Waals surface area (Å²) in [6, 6.07) is 0. The Morgan fingerprint density at radius 2 is 2.00 bits per heavy atom. The third-order valence-electron chi connectivity index (χ3n) is 5.38. The molecule has 2 saturated heterocycles. The summed E-state index contributed by atoms with van der Waals surface area (Å²) in [5, 5.41) is 0. The summed E-state index contributed by atoms with van der Waals surface area (Å²) < 4.78 is 12.2. The Hall–Kier alpha value is -0.610. The van der Waals surface area contributed by atoms with Gasteiger partial charge in [-0.2, -0.15) is 0 Å². The summed E-state index contributed by atoms with van der Waals surface area (Å²) in [7, 11) is 0. The quantitative estimate of drug-likeness (QED) is 0.783. The maximum atomic E-state index is 12.1. The molecule has 1 spiro atoms. The first-order chi connectivity index (χ1) is 10.6. The first kappa shape index (κ1) is 16.3. The van der Waals surface area contributed by atoms with Gasteiger partial charge in [0.2, 0.25) is 5.91 Å². The van der Waals surface area contributed by atoms with Crippen molar-refractivity contribution in [1.29, 1.82) is 0 Å². The minimum Gasteiger partial charge on any atom is -0.378 e. The van der Waals surface area contributed by atoms with Gasteiger partial charge in [-0.15, -0.1) is 0 Å². The van der Waals surface area contributed by atoms with Crippen LogP contribution in [0.4, 0.5) is 0 Å². The molecule has 0 N–H and O–H groups in total. The van der Waals surface area contributed by atoms with Crippen LogP contribution in [-0.4, -0.2) is 48.8 Å². The molecule has 3 aliphatic rings. The summed E-state index contributed by atoms with van der Waals surface area (Å²) in [4.78, 5) is 14.0. The minimum atomic E-state index is -0.106. The summed E-state index contributed by atoms with van der Waals surface area (Å²) in [6.45, 7) is 7.43. The average Bonchev–Trinajstić information content (AvgIpc) is 2.95. The summed E-state index contributed by atoms with van der Waals surface area (Å²) in [5.41, 5.74) is -0.106. The molecule has 0 aromatic carbocycles. The highest BCUT2D eigenvalue weighted by Crippen LogP contribution is 2.36. The number of hydrogen-bond donors (Lipinski definition) is 0. The van der Waals surface area contributed by atoms with E-state index in [0.29, 0.717) is 18.4 Å². The fourth-order valence-corrected chi connectivity index (χ4v) is 4.10. The second-order valence-corrected chi connectivity index (χ2v) is 7.98. The van der Waals surface area contributed by atoms with Crippen molar-refractivity contribution in [2.24, 2.45) is 11.8 Å². The van der Waals surface area contributed by atoms with Gasteiger partial charge in [0.1, 0.15) is 5.60 Å². The third-order valence-corrected chi connectivity index (χ3v) is 5.38. The van der Waals surface area contributed by atoms with E-state index >= 15 is 0 Å². The highest BCUT2D eigenvalue weighted by Gasteiger charge is 2.49. The van der Waals surface area contributed by atoms with Crippen molar-refractivity contribution in [3.8, 4) is 0 Å².